The molecule has 8 nitrogen and oxygen atoms in total. The van der Waals surface area contributed by atoms with E-state index >= 15 is 0 Å². The van der Waals surface area contributed by atoms with E-state index in [4.69, 9.17) is 4.74 Å². The Kier molecular flexibility index (Phi) is 7.53. The van der Waals surface area contributed by atoms with Crippen LogP contribution >= 0.6 is 0 Å². The number of benzene rings is 2. The Morgan fingerprint density at radius 2 is 1.56 bits per heavy atom. The highest BCUT2D eigenvalue weighted by molar-refractivity contribution is 7.91. The molecule has 4 rings (SSSR count). The Balaban J connectivity index is 1.41. The van der Waals surface area contributed by atoms with E-state index in [0.717, 1.165) is 5.56 Å². The minimum atomic E-state index is -3.05. The Hall–Kier alpha value is -2.91. The van der Waals surface area contributed by atoms with E-state index in [1.54, 1.807) is 19.2 Å². The summed E-state index contributed by atoms with van der Waals surface area (Å²) in [5.74, 6) is 0.442. The second-order valence-electron chi connectivity index (χ2n) is 8.79. The number of likely N-dealkylation sites (tertiary alicyclic amines) is 1. The Morgan fingerprint density at radius 3 is 2.21 bits per heavy atom. The van der Waals surface area contributed by atoms with E-state index in [-0.39, 0.29) is 29.2 Å². The zero-order valence-electron chi connectivity index (χ0n) is 19.4. The maximum atomic E-state index is 13.6. The normalized spacial score (nSPS) is 19.9. The number of carbonyl (C=O) groups excluding carboxylic acids is 2. The molecule has 2 saturated heterocycles. The van der Waals surface area contributed by atoms with Gasteiger partial charge in [-0.1, -0.05) is 42.5 Å². The lowest BCUT2D eigenvalue weighted by atomic mass is 9.94. The summed E-state index contributed by atoms with van der Waals surface area (Å²) in [4.78, 5) is 30.3. The number of carbonyl (C=O) groups is 2. The van der Waals surface area contributed by atoms with Crippen molar-refractivity contribution < 1.29 is 22.7 Å². The lowest BCUT2D eigenvalue weighted by molar-refractivity contribution is -0.140. The summed E-state index contributed by atoms with van der Waals surface area (Å²) in [6, 6.07) is 16.3. The molecule has 0 aromatic heterocycles. The molecule has 9 heteroatoms. The minimum Gasteiger partial charge on any atom is -0.495 e. The molecule has 0 radical (unpaired) electrons. The number of hydrogen-bond acceptors (Lipinski definition) is 6. The Labute approximate surface area is 200 Å². The molecule has 0 spiro atoms. The number of methoxy groups -OCH3 is 1. The van der Waals surface area contributed by atoms with Crippen LogP contribution in [0.1, 0.15) is 24.4 Å². The fourth-order valence-electron chi connectivity index (χ4n) is 4.65. The minimum absolute atomic E-state index is 0.0333. The van der Waals surface area contributed by atoms with Crippen molar-refractivity contribution >= 4 is 27.3 Å². The summed E-state index contributed by atoms with van der Waals surface area (Å²) < 4.78 is 29.2. The van der Waals surface area contributed by atoms with Gasteiger partial charge in [0.2, 0.25) is 11.8 Å². The van der Waals surface area contributed by atoms with Crippen LogP contribution in [0.2, 0.25) is 0 Å². The molecule has 2 heterocycles. The van der Waals surface area contributed by atoms with Crippen LogP contribution in [0, 0.1) is 5.92 Å². The second-order valence-corrected chi connectivity index (χ2v) is 11.1. The predicted molar refractivity (Wildman–Crippen MR) is 130 cm³/mol. The molecule has 2 amide bonds. The molecule has 2 aromatic carbocycles. The number of para-hydroxylation sites is 2. The summed E-state index contributed by atoms with van der Waals surface area (Å²) in [7, 11) is -1.48. The van der Waals surface area contributed by atoms with Crippen LogP contribution in [0.5, 0.6) is 5.75 Å². The van der Waals surface area contributed by atoms with Crippen molar-refractivity contribution in [1.29, 1.82) is 0 Å². The molecule has 2 aromatic rings. The predicted octanol–water partition coefficient (Wildman–Crippen LogP) is 2.34. The van der Waals surface area contributed by atoms with Gasteiger partial charge >= 0.3 is 0 Å². The van der Waals surface area contributed by atoms with Crippen LogP contribution in [0.3, 0.4) is 0 Å². The number of nitrogens with one attached hydrogen (secondary N) is 1. The van der Waals surface area contributed by atoms with Crippen molar-refractivity contribution in [3.05, 3.63) is 60.2 Å². The standard InChI is InChI=1S/C25H31N3O5S/c1-33-22-10-6-5-9-21(22)26-24(29)20-11-13-28(14-12-20)25(30)23(19-7-3-2-4-8-19)27-15-17-34(31,32)18-16-27/h2-10,20,23H,11-18H2,1H3,(H,26,29). The monoisotopic (exact) mass is 485 g/mol. The van der Waals surface area contributed by atoms with Crippen LogP contribution in [-0.2, 0) is 19.4 Å². The number of nitrogens with zero attached hydrogens (tertiary/aromatic N) is 2. The molecule has 0 saturated carbocycles. The summed E-state index contributed by atoms with van der Waals surface area (Å²) in [6.45, 7) is 1.65. The quantitative estimate of drug-likeness (QED) is 0.675. The van der Waals surface area contributed by atoms with Crippen molar-refractivity contribution in [3.63, 3.8) is 0 Å². The van der Waals surface area contributed by atoms with E-state index < -0.39 is 15.9 Å². The SMILES string of the molecule is COc1ccccc1NC(=O)C1CCN(C(=O)C(c2ccccc2)N2CCS(=O)(=O)CC2)CC1. The van der Waals surface area contributed by atoms with Gasteiger partial charge in [-0.15, -0.1) is 0 Å². The third-order valence-corrected chi connectivity index (χ3v) is 8.24. The highest BCUT2D eigenvalue weighted by atomic mass is 32.2. The number of hydrogen-bond donors (Lipinski definition) is 1. The van der Waals surface area contributed by atoms with Crippen LogP contribution < -0.4 is 10.1 Å². The smallest absolute Gasteiger partial charge is 0.244 e. The summed E-state index contributed by atoms with van der Waals surface area (Å²) in [6.07, 6.45) is 1.14. The number of piperidine rings is 1. The fourth-order valence-corrected chi connectivity index (χ4v) is 5.88. The summed E-state index contributed by atoms with van der Waals surface area (Å²) in [5, 5.41) is 2.95. The number of anilines is 1. The summed E-state index contributed by atoms with van der Waals surface area (Å²) >= 11 is 0. The van der Waals surface area contributed by atoms with E-state index in [2.05, 4.69) is 5.32 Å². The van der Waals surface area contributed by atoms with Crippen molar-refractivity contribution in [2.75, 3.05) is 50.1 Å². The maximum absolute atomic E-state index is 13.6. The van der Waals surface area contributed by atoms with Gasteiger partial charge in [0.15, 0.2) is 9.84 Å². The molecule has 2 aliphatic rings. The van der Waals surface area contributed by atoms with Crippen LogP contribution in [-0.4, -0.2) is 74.8 Å². The lowest BCUT2D eigenvalue weighted by Gasteiger charge is -2.39. The highest BCUT2D eigenvalue weighted by Crippen LogP contribution is 2.29. The number of ether oxygens (including phenoxy) is 1. The summed E-state index contributed by atoms with van der Waals surface area (Å²) in [5.41, 5.74) is 1.50. The molecule has 182 valence electrons. The first-order valence-electron chi connectivity index (χ1n) is 11.6. The Bertz CT molecular complexity index is 1100. The van der Waals surface area contributed by atoms with Gasteiger partial charge in [0, 0.05) is 32.1 Å². The van der Waals surface area contributed by atoms with Gasteiger partial charge < -0.3 is 15.0 Å². The van der Waals surface area contributed by atoms with Crippen molar-refractivity contribution in [2.45, 2.75) is 18.9 Å². The molecular formula is C25H31N3O5S. The van der Waals surface area contributed by atoms with Crippen molar-refractivity contribution in [2.24, 2.45) is 5.92 Å². The van der Waals surface area contributed by atoms with Gasteiger partial charge in [-0.25, -0.2) is 8.42 Å². The molecule has 2 fully saturated rings. The maximum Gasteiger partial charge on any atom is 0.244 e. The molecule has 34 heavy (non-hydrogen) atoms. The molecule has 1 N–H and O–H groups in total. The van der Waals surface area contributed by atoms with Gasteiger partial charge in [-0.05, 0) is 30.5 Å². The van der Waals surface area contributed by atoms with Crippen LogP contribution in [0.4, 0.5) is 5.69 Å². The molecule has 1 unspecified atom stereocenters. The van der Waals surface area contributed by atoms with E-state index in [9.17, 15) is 18.0 Å². The molecule has 1 atom stereocenters. The number of sulfone groups is 1. The van der Waals surface area contributed by atoms with Gasteiger partial charge in [0.05, 0.1) is 24.3 Å². The third kappa shape index (κ3) is 5.59. The second kappa shape index (κ2) is 10.6. The van der Waals surface area contributed by atoms with Gasteiger partial charge in [-0.3, -0.25) is 14.5 Å². The molecule has 0 aliphatic carbocycles. The van der Waals surface area contributed by atoms with Gasteiger partial charge in [-0.2, -0.15) is 0 Å². The van der Waals surface area contributed by atoms with Crippen LogP contribution in [0.15, 0.2) is 54.6 Å². The molecule has 0 bridgehead atoms. The molecular weight excluding hydrogens is 454 g/mol. The average Bonchev–Trinajstić information content (AvgIpc) is 2.86. The van der Waals surface area contributed by atoms with Crippen molar-refractivity contribution in [3.8, 4) is 5.75 Å². The lowest BCUT2D eigenvalue weighted by Crippen LogP contribution is -2.50. The fraction of sp³-hybridized carbons (Fsp3) is 0.440. The first-order chi connectivity index (χ1) is 16.4. The zero-order chi connectivity index (χ0) is 24.1. The largest absolute Gasteiger partial charge is 0.495 e. The van der Waals surface area contributed by atoms with E-state index in [1.807, 2.05) is 52.3 Å². The zero-order valence-corrected chi connectivity index (χ0v) is 20.2. The van der Waals surface area contributed by atoms with Gasteiger partial charge in [0.1, 0.15) is 11.8 Å². The first-order valence-corrected chi connectivity index (χ1v) is 13.4. The number of amides is 2. The topological polar surface area (TPSA) is 96.0 Å². The van der Waals surface area contributed by atoms with Crippen LogP contribution in [0.25, 0.3) is 0 Å². The highest BCUT2D eigenvalue weighted by Gasteiger charge is 2.37. The average molecular weight is 486 g/mol. The third-order valence-electron chi connectivity index (χ3n) is 6.64. The van der Waals surface area contributed by atoms with Crippen molar-refractivity contribution in [1.82, 2.24) is 9.80 Å². The number of rotatable bonds is 6. The Morgan fingerprint density at radius 1 is 0.941 bits per heavy atom. The van der Waals surface area contributed by atoms with E-state index in [0.29, 0.717) is 50.5 Å². The first kappa shape index (κ1) is 24.2. The van der Waals surface area contributed by atoms with E-state index in [1.165, 1.54) is 0 Å². The van der Waals surface area contributed by atoms with Gasteiger partial charge in [0.25, 0.3) is 0 Å². The molecule has 2 aliphatic heterocycles.